The zero-order valence-corrected chi connectivity index (χ0v) is 14.4. The Hall–Kier alpha value is -1.47. The van der Waals surface area contributed by atoms with Crippen molar-refractivity contribution < 1.29 is 22.3 Å². The SMILES string of the molecule is COC(=O)C1(CS(=O)(=O)N(C)C(C)c2ccc(F)cc2)CCC1. The van der Waals surface area contributed by atoms with E-state index >= 15 is 0 Å². The lowest BCUT2D eigenvalue weighted by atomic mass is 9.70. The molecule has 7 heteroatoms. The molecule has 0 spiro atoms. The highest BCUT2D eigenvalue weighted by Crippen LogP contribution is 2.44. The molecule has 0 radical (unpaired) electrons. The number of hydrogen-bond donors (Lipinski definition) is 0. The largest absolute Gasteiger partial charge is 0.469 e. The Morgan fingerprint density at radius 1 is 1.35 bits per heavy atom. The number of esters is 1. The maximum Gasteiger partial charge on any atom is 0.312 e. The summed E-state index contributed by atoms with van der Waals surface area (Å²) in [6.07, 6.45) is 1.87. The third-order valence-corrected chi connectivity index (χ3v) is 6.84. The van der Waals surface area contributed by atoms with E-state index in [1.54, 1.807) is 19.1 Å². The normalized spacial score (nSPS) is 18.3. The molecule has 0 N–H and O–H groups in total. The molecule has 1 fully saturated rings. The Balaban J connectivity index is 2.18. The number of nitrogens with zero attached hydrogens (tertiary/aromatic N) is 1. The van der Waals surface area contributed by atoms with Crippen molar-refractivity contribution in [2.24, 2.45) is 5.41 Å². The second-order valence-corrected chi connectivity index (χ2v) is 8.15. The van der Waals surface area contributed by atoms with Gasteiger partial charge in [0, 0.05) is 13.1 Å². The molecule has 0 heterocycles. The fourth-order valence-electron chi connectivity index (χ4n) is 2.87. The van der Waals surface area contributed by atoms with Crippen LogP contribution in [0.15, 0.2) is 24.3 Å². The second-order valence-electron chi connectivity index (χ2n) is 6.13. The van der Waals surface area contributed by atoms with E-state index < -0.39 is 27.4 Å². The predicted octanol–water partition coefficient (Wildman–Crippen LogP) is 2.49. The van der Waals surface area contributed by atoms with Gasteiger partial charge in [0.05, 0.1) is 18.3 Å². The Morgan fingerprint density at radius 3 is 2.35 bits per heavy atom. The van der Waals surface area contributed by atoms with Crippen molar-refractivity contribution in [3.05, 3.63) is 35.6 Å². The van der Waals surface area contributed by atoms with Crippen molar-refractivity contribution >= 4 is 16.0 Å². The molecule has 1 aromatic carbocycles. The first-order valence-electron chi connectivity index (χ1n) is 7.51. The Labute approximate surface area is 136 Å². The second kappa shape index (κ2) is 6.57. The van der Waals surface area contributed by atoms with Gasteiger partial charge in [0.2, 0.25) is 10.0 Å². The molecule has 23 heavy (non-hydrogen) atoms. The molecule has 1 atom stereocenters. The minimum absolute atomic E-state index is 0.255. The molecule has 1 aromatic rings. The average Bonchev–Trinajstić information content (AvgIpc) is 2.49. The van der Waals surface area contributed by atoms with E-state index in [2.05, 4.69) is 0 Å². The summed E-state index contributed by atoms with van der Waals surface area (Å²) in [4.78, 5) is 11.9. The minimum Gasteiger partial charge on any atom is -0.469 e. The monoisotopic (exact) mass is 343 g/mol. The summed E-state index contributed by atoms with van der Waals surface area (Å²) in [6, 6.07) is 5.27. The third kappa shape index (κ3) is 3.55. The summed E-state index contributed by atoms with van der Waals surface area (Å²) in [6.45, 7) is 1.73. The molecule has 2 rings (SSSR count). The average molecular weight is 343 g/mol. The van der Waals surface area contributed by atoms with Crippen LogP contribution in [-0.2, 0) is 19.6 Å². The van der Waals surface area contributed by atoms with E-state index in [-0.39, 0.29) is 11.6 Å². The van der Waals surface area contributed by atoms with Crippen molar-refractivity contribution in [2.75, 3.05) is 19.9 Å². The summed E-state index contributed by atoms with van der Waals surface area (Å²) < 4.78 is 44.4. The van der Waals surface area contributed by atoms with Crippen LogP contribution in [-0.4, -0.2) is 38.6 Å². The van der Waals surface area contributed by atoms with Crippen molar-refractivity contribution in [3.8, 4) is 0 Å². The van der Waals surface area contributed by atoms with Crippen molar-refractivity contribution in [1.29, 1.82) is 0 Å². The van der Waals surface area contributed by atoms with Gasteiger partial charge in [-0.1, -0.05) is 18.6 Å². The molecular formula is C16H22FNO4S. The maximum absolute atomic E-state index is 13.0. The number of methoxy groups -OCH3 is 1. The van der Waals surface area contributed by atoms with E-state index in [4.69, 9.17) is 4.74 Å². The van der Waals surface area contributed by atoms with Gasteiger partial charge >= 0.3 is 5.97 Å². The van der Waals surface area contributed by atoms with Gasteiger partial charge in [-0.15, -0.1) is 0 Å². The standard InChI is InChI=1S/C16H22FNO4S/c1-12(13-5-7-14(17)8-6-13)18(2)23(20,21)11-16(9-4-10-16)15(19)22-3/h5-8,12H,4,9-11H2,1-3H3. The summed E-state index contributed by atoms with van der Waals surface area (Å²) in [5.74, 6) is -1.09. The molecule has 0 saturated heterocycles. The Bertz CT molecular complexity index is 668. The first-order valence-corrected chi connectivity index (χ1v) is 9.12. The van der Waals surface area contributed by atoms with E-state index in [1.165, 1.54) is 30.6 Å². The van der Waals surface area contributed by atoms with Gasteiger partial charge in [0.15, 0.2) is 0 Å². The first-order chi connectivity index (χ1) is 10.7. The number of benzene rings is 1. The van der Waals surface area contributed by atoms with E-state index in [0.29, 0.717) is 18.4 Å². The Kier molecular flexibility index (Phi) is 5.10. The van der Waals surface area contributed by atoms with E-state index in [9.17, 15) is 17.6 Å². The predicted molar refractivity (Wildman–Crippen MR) is 84.7 cm³/mol. The molecule has 0 aromatic heterocycles. The summed E-state index contributed by atoms with van der Waals surface area (Å²) in [7, 11) is -0.896. The first kappa shape index (κ1) is 17.9. The molecule has 0 aliphatic heterocycles. The zero-order valence-electron chi connectivity index (χ0n) is 13.6. The van der Waals surface area contributed by atoms with Gasteiger partial charge in [-0.2, -0.15) is 4.31 Å². The number of rotatable bonds is 6. The van der Waals surface area contributed by atoms with Crippen LogP contribution in [0.2, 0.25) is 0 Å². The lowest BCUT2D eigenvalue weighted by molar-refractivity contribution is -0.156. The Morgan fingerprint density at radius 2 is 1.91 bits per heavy atom. The highest BCUT2D eigenvalue weighted by molar-refractivity contribution is 7.89. The molecule has 128 valence electrons. The number of sulfonamides is 1. The quantitative estimate of drug-likeness (QED) is 0.745. The number of halogens is 1. The van der Waals surface area contributed by atoms with E-state index in [0.717, 1.165) is 6.42 Å². The molecule has 5 nitrogen and oxygen atoms in total. The maximum atomic E-state index is 13.0. The summed E-state index contributed by atoms with van der Waals surface area (Å²) >= 11 is 0. The number of carbonyl (C=O) groups excluding carboxylic acids is 1. The fourth-order valence-corrected chi connectivity index (χ4v) is 4.78. The minimum atomic E-state index is -3.65. The highest BCUT2D eigenvalue weighted by Gasteiger charge is 2.49. The van der Waals surface area contributed by atoms with Crippen molar-refractivity contribution in [3.63, 3.8) is 0 Å². The van der Waals surface area contributed by atoms with Gasteiger partial charge in [0.25, 0.3) is 0 Å². The lowest BCUT2D eigenvalue weighted by Gasteiger charge is -2.39. The molecule has 0 bridgehead atoms. The van der Waals surface area contributed by atoms with Crippen LogP contribution in [0.4, 0.5) is 4.39 Å². The molecule has 0 amide bonds. The van der Waals surface area contributed by atoms with Crippen LogP contribution in [0.1, 0.15) is 37.8 Å². The van der Waals surface area contributed by atoms with Gasteiger partial charge in [-0.3, -0.25) is 4.79 Å². The van der Waals surface area contributed by atoms with Crippen molar-refractivity contribution in [2.45, 2.75) is 32.2 Å². The van der Waals surface area contributed by atoms with Crippen molar-refractivity contribution in [1.82, 2.24) is 4.31 Å². The van der Waals surface area contributed by atoms with Crippen LogP contribution in [0, 0.1) is 11.2 Å². The number of carbonyl (C=O) groups is 1. The van der Waals surface area contributed by atoms with Gasteiger partial charge in [0.1, 0.15) is 5.82 Å². The molecule has 1 saturated carbocycles. The topological polar surface area (TPSA) is 63.7 Å². The zero-order chi connectivity index (χ0) is 17.3. The fraction of sp³-hybridized carbons (Fsp3) is 0.562. The van der Waals surface area contributed by atoms with Crippen LogP contribution >= 0.6 is 0 Å². The smallest absolute Gasteiger partial charge is 0.312 e. The molecule has 1 aliphatic carbocycles. The van der Waals surface area contributed by atoms with Gasteiger partial charge in [-0.25, -0.2) is 12.8 Å². The van der Waals surface area contributed by atoms with Crippen LogP contribution in [0.3, 0.4) is 0 Å². The molecule has 1 aliphatic rings. The van der Waals surface area contributed by atoms with Crippen LogP contribution in [0.25, 0.3) is 0 Å². The van der Waals surface area contributed by atoms with Gasteiger partial charge < -0.3 is 4.74 Å². The molecular weight excluding hydrogens is 321 g/mol. The highest BCUT2D eigenvalue weighted by atomic mass is 32.2. The summed E-state index contributed by atoms with van der Waals surface area (Å²) in [5, 5.41) is 0. The van der Waals surface area contributed by atoms with Crippen LogP contribution in [0.5, 0.6) is 0 Å². The van der Waals surface area contributed by atoms with Crippen LogP contribution < -0.4 is 0 Å². The van der Waals surface area contributed by atoms with E-state index in [1.807, 2.05) is 0 Å². The summed E-state index contributed by atoms with van der Waals surface area (Å²) in [5.41, 5.74) is -0.233. The van der Waals surface area contributed by atoms with Gasteiger partial charge in [-0.05, 0) is 37.5 Å². The third-order valence-electron chi connectivity index (χ3n) is 4.72. The number of hydrogen-bond acceptors (Lipinski definition) is 4. The number of ether oxygens (including phenoxy) is 1. The lowest BCUT2D eigenvalue weighted by Crippen LogP contribution is -2.47. The molecule has 1 unspecified atom stereocenters.